The number of carbonyl (C=O) groups excluding carboxylic acids is 1. The molecule has 0 atom stereocenters. The van der Waals surface area contributed by atoms with Gasteiger partial charge in [0, 0.05) is 12.8 Å². The van der Waals surface area contributed by atoms with Crippen LogP contribution in [0.1, 0.15) is 46.5 Å². The molecule has 1 saturated carbocycles. The van der Waals surface area contributed by atoms with Crippen molar-refractivity contribution < 1.29 is 9.90 Å². The summed E-state index contributed by atoms with van der Waals surface area (Å²) >= 11 is 0. The second-order valence-electron chi connectivity index (χ2n) is 8.12. The number of aliphatic hydroxyl groups is 1. The Labute approximate surface area is 171 Å². The number of hydrogen-bond acceptors (Lipinski definition) is 5. The molecule has 1 aliphatic carbocycles. The Morgan fingerprint density at radius 3 is 2.14 bits per heavy atom. The Kier molecular flexibility index (Phi) is 6.37. The molecular weight excluding hydrogens is 362 g/mol. The minimum absolute atomic E-state index is 0.0285. The summed E-state index contributed by atoms with van der Waals surface area (Å²) in [6, 6.07) is 16.9. The molecule has 0 aromatic heterocycles. The maximum atomic E-state index is 12.7. The Bertz CT molecular complexity index is 955. The van der Waals surface area contributed by atoms with Crippen LogP contribution >= 0.6 is 0 Å². The van der Waals surface area contributed by atoms with E-state index >= 15 is 0 Å². The number of carbonyl (C=O) groups is 1. The average Bonchev–Trinajstić information content (AvgIpc) is 2.67. The van der Waals surface area contributed by atoms with E-state index in [9.17, 15) is 9.90 Å². The van der Waals surface area contributed by atoms with Crippen LogP contribution in [0.3, 0.4) is 0 Å². The van der Waals surface area contributed by atoms with E-state index in [4.69, 9.17) is 4.99 Å². The first-order valence-corrected chi connectivity index (χ1v) is 9.98. The second kappa shape index (κ2) is 8.95. The molecule has 0 heterocycles. The minimum Gasteiger partial charge on any atom is -0.511 e. The summed E-state index contributed by atoms with van der Waals surface area (Å²) in [4.78, 5) is 17.4. The molecule has 0 bridgehead atoms. The first-order chi connectivity index (χ1) is 13.9. The Morgan fingerprint density at radius 1 is 0.931 bits per heavy atom. The number of ketones is 1. The van der Waals surface area contributed by atoms with Crippen LogP contribution in [0.4, 0.5) is 17.1 Å². The van der Waals surface area contributed by atoms with Crippen molar-refractivity contribution in [1.82, 2.24) is 0 Å². The molecule has 0 saturated heterocycles. The molecule has 3 rings (SSSR count). The van der Waals surface area contributed by atoms with Crippen molar-refractivity contribution in [2.24, 2.45) is 20.6 Å². The number of azo groups is 1. The molecule has 0 unspecified atom stereocenters. The number of aliphatic hydroxyl groups excluding tert-OH is 1. The predicted molar refractivity (Wildman–Crippen MR) is 117 cm³/mol. The van der Waals surface area contributed by atoms with Gasteiger partial charge in [0.25, 0.3) is 0 Å². The number of hydrogen-bond donors (Lipinski definition) is 1. The number of benzene rings is 2. The molecule has 2 aromatic carbocycles. The van der Waals surface area contributed by atoms with Gasteiger partial charge in [0.2, 0.25) is 0 Å². The monoisotopic (exact) mass is 389 g/mol. The third-order valence-corrected chi connectivity index (χ3v) is 4.78. The molecule has 29 heavy (non-hydrogen) atoms. The van der Waals surface area contributed by atoms with Crippen molar-refractivity contribution in [2.45, 2.75) is 46.5 Å². The van der Waals surface area contributed by atoms with Crippen molar-refractivity contribution in [3.63, 3.8) is 0 Å². The highest BCUT2D eigenvalue weighted by Crippen LogP contribution is 2.37. The first-order valence-electron chi connectivity index (χ1n) is 9.98. The van der Waals surface area contributed by atoms with Gasteiger partial charge in [0.15, 0.2) is 5.78 Å². The number of nitrogens with zero attached hydrogens (tertiary/aromatic N) is 3. The number of aliphatic imine (C=N–C) groups is 1. The predicted octanol–water partition coefficient (Wildman–Crippen LogP) is 7.18. The van der Waals surface area contributed by atoms with Gasteiger partial charge in [0.05, 0.1) is 28.3 Å². The molecular formula is C24H27N3O2. The van der Waals surface area contributed by atoms with Gasteiger partial charge in [-0.15, -0.1) is 0 Å². The lowest BCUT2D eigenvalue weighted by Gasteiger charge is -2.31. The lowest BCUT2D eigenvalue weighted by Crippen LogP contribution is -2.32. The largest absolute Gasteiger partial charge is 0.511 e. The van der Waals surface area contributed by atoms with E-state index in [1.165, 1.54) is 0 Å². The fraction of sp³-hybridized carbons (Fsp3) is 0.333. The molecule has 5 heteroatoms. The fourth-order valence-corrected chi connectivity index (χ4v) is 3.43. The molecule has 1 N–H and O–H groups in total. The summed E-state index contributed by atoms with van der Waals surface area (Å²) in [5.41, 5.74) is 3.14. The van der Waals surface area contributed by atoms with E-state index in [-0.39, 0.29) is 17.0 Å². The normalized spacial score (nSPS) is 19.7. The average molecular weight is 389 g/mol. The van der Waals surface area contributed by atoms with Gasteiger partial charge >= 0.3 is 0 Å². The van der Waals surface area contributed by atoms with Crippen LogP contribution < -0.4 is 0 Å². The summed E-state index contributed by atoms with van der Waals surface area (Å²) in [5.74, 6) is 0.124. The quantitative estimate of drug-likeness (QED) is 0.334. The molecule has 0 radical (unpaired) electrons. The molecule has 0 spiro atoms. The second-order valence-corrected chi connectivity index (χ2v) is 8.12. The van der Waals surface area contributed by atoms with Gasteiger partial charge in [-0.3, -0.25) is 9.79 Å². The summed E-state index contributed by atoms with van der Waals surface area (Å²) in [5, 5.41) is 18.9. The molecule has 150 valence electrons. The molecule has 0 aliphatic heterocycles. The van der Waals surface area contributed by atoms with Crippen molar-refractivity contribution in [3.05, 3.63) is 65.9 Å². The van der Waals surface area contributed by atoms with Gasteiger partial charge in [-0.2, -0.15) is 10.2 Å². The zero-order valence-corrected chi connectivity index (χ0v) is 17.2. The zero-order valence-electron chi connectivity index (χ0n) is 17.2. The maximum Gasteiger partial charge on any atom is 0.168 e. The van der Waals surface area contributed by atoms with E-state index in [0.29, 0.717) is 30.5 Å². The highest BCUT2D eigenvalue weighted by molar-refractivity contribution is 6.25. The maximum absolute atomic E-state index is 12.7. The van der Waals surface area contributed by atoms with Crippen molar-refractivity contribution in [3.8, 4) is 0 Å². The van der Waals surface area contributed by atoms with Crippen LogP contribution in [-0.4, -0.2) is 16.6 Å². The van der Waals surface area contributed by atoms with Crippen LogP contribution in [0.15, 0.2) is 81.2 Å². The first kappa shape index (κ1) is 20.6. The van der Waals surface area contributed by atoms with E-state index in [1.807, 2.05) is 61.5 Å². The Hall–Kier alpha value is -3.08. The van der Waals surface area contributed by atoms with Gasteiger partial charge in [-0.1, -0.05) is 39.0 Å². The van der Waals surface area contributed by atoms with E-state index < -0.39 is 0 Å². The molecule has 0 amide bonds. The number of allylic oxidation sites excluding steroid dienone is 2. The van der Waals surface area contributed by atoms with Crippen LogP contribution in [0.25, 0.3) is 0 Å². The highest BCUT2D eigenvalue weighted by Gasteiger charge is 2.36. The zero-order chi connectivity index (χ0) is 20.9. The standard InChI is InChI=1S/C24H27N3O2/c1-4-8-21(28)23-20(15-24(2,3)16-22(23)29)25-17-11-13-19(14-12-17)27-26-18-9-6-5-7-10-18/h5-7,9-14,28H,4,8,15-16H2,1-3H3/b23-21+,25-20?,27-26?. The smallest absolute Gasteiger partial charge is 0.168 e. The highest BCUT2D eigenvalue weighted by atomic mass is 16.3. The molecule has 5 nitrogen and oxygen atoms in total. The summed E-state index contributed by atoms with van der Waals surface area (Å²) in [6.45, 7) is 6.09. The molecule has 2 aromatic rings. The van der Waals surface area contributed by atoms with Crippen LogP contribution in [0.5, 0.6) is 0 Å². The van der Waals surface area contributed by atoms with E-state index in [0.717, 1.165) is 23.5 Å². The van der Waals surface area contributed by atoms with Gasteiger partial charge in [-0.25, -0.2) is 0 Å². The van der Waals surface area contributed by atoms with Gasteiger partial charge < -0.3 is 5.11 Å². The minimum atomic E-state index is -0.171. The van der Waals surface area contributed by atoms with Crippen molar-refractivity contribution in [1.29, 1.82) is 0 Å². The summed E-state index contributed by atoms with van der Waals surface area (Å²) < 4.78 is 0. The lowest BCUT2D eigenvalue weighted by atomic mass is 9.73. The number of Topliss-reactive ketones (excluding diaryl/α,β-unsaturated/α-hetero) is 1. The third-order valence-electron chi connectivity index (χ3n) is 4.78. The van der Waals surface area contributed by atoms with Crippen molar-refractivity contribution in [2.75, 3.05) is 0 Å². The van der Waals surface area contributed by atoms with Gasteiger partial charge in [-0.05, 0) is 54.7 Å². The topological polar surface area (TPSA) is 74.4 Å². The van der Waals surface area contributed by atoms with Crippen LogP contribution in [0, 0.1) is 5.41 Å². The lowest BCUT2D eigenvalue weighted by molar-refractivity contribution is -0.117. The van der Waals surface area contributed by atoms with E-state index in [1.54, 1.807) is 0 Å². The number of rotatable bonds is 5. The van der Waals surface area contributed by atoms with Gasteiger partial charge in [0.1, 0.15) is 5.76 Å². The molecule has 1 fully saturated rings. The summed E-state index contributed by atoms with van der Waals surface area (Å²) in [7, 11) is 0. The fourth-order valence-electron chi connectivity index (χ4n) is 3.43. The summed E-state index contributed by atoms with van der Waals surface area (Å²) in [6.07, 6.45) is 2.34. The SMILES string of the molecule is CCC/C(O)=C1\C(=O)CC(C)(C)CC1=Nc1ccc(N=Nc2ccccc2)cc1. The van der Waals surface area contributed by atoms with Crippen LogP contribution in [0.2, 0.25) is 0 Å². The van der Waals surface area contributed by atoms with Crippen molar-refractivity contribution >= 4 is 28.6 Å². The molecule has 1 aliphatic rings. The van der Waals surface area contributed by atoms with Crippen LogP contribution in [-0.2, 0) is 4.79 Å². The third kappa shape index (κ3) is 5.47. The Morgan fingerprint density at radius 2 is 1.52 bits per heavy atom. The van der Waals surface area contributed by atoms with E-state index in [2.05, 4.69) is 24.1 Å². The Balaban J connectivity index is 1.87.